The molecule has 1 saturated heterocycles. The summed E-state index contributed by atoms with van der Waals surface area (Å²) < 4.78 is 0. The molecule has 0 spiro atoms. The number of benzene rings is 1. The molecule has 2 heteroatoms. The quantitative estimate of drug-likeness (QED) is 0.777. The molecule has 1 aliphatic rings. The maximum absolute atomic E-state index is 10.1. The summed E-state index contributed by atoms with van der Waals surface area (Å²) in [5.74, 6) is 1.07. The van der Waals surface area contributed by atoms with E-state index >= 15 is 0 Å². The molecule has 0 atom stereocenters. The van der Waals surface area contributed by atoms with Crippen LogP contribution in [0, 0.1) is 0 Å². The summed E-state index contributed by atoms with van der Waals surface area (Å²) in [4.78, 5) is 0. The number of nitrogens with one attached hydrogen (secondary N) is 1. The second-order valence-electron chi connectivity index (χ2n) is 4.23. The van der Waals surface area contributed by atoms with Gasteiger partial charge in [0.05, 0.1) is 0 Å². The van der Waals surface area contributed by atoms with Gasteiger partial charge in [-0.25, -0.2) is 0 Å². The summed E-state index contributed by atoms with van der Waals surface area (Å²) in [6.45, 7) is 4.22. The second kappa shape index (κ2) is 4.67. The standard InChI is InChI=1S/C13H19NO/c1-2-10-4-3-5-12(13(10)15)11-6-8-14-9-7-11/h3-5,11,14-15H,2,6-9H2,1H3. The molecule has 2 nitrogen and oxygen atoms in total. The average molecular weight is 205 g/mol. The lowest BCUT2D eigenvalue weighted by Gasteiger charge is -2.24. The van der Waals surface area contributed by atoms with Crippen LogP contribution in [0.15, 0.2) is 18.2 Å². The highest BCUT2D eigenvalue weighted by molar-refractivity contribution is 5.42. The van der Waals surface area contributed by atoms with E-state index in [1.807, 2.05) is 6.07 Å². The van der Waals surface area contributed by atoms with Crippen LogP contribution in [0.25, 0.3) is 0 Å². The number of piperidine rings is 1. The van der Waals surface area contributed by atoms with Crippen molar-refractivity contribution in [1.29, 1.82) is 0 Å². The number of para-hydroxylation sites is 1. The Morgan fingerprint density at radius 3 is 2.73 bits per heavy atom. The zero-order valence-electron chi connectivity index (χ0n) is 9.29. The third-order valence-electron chi connectivity index (χ3n) is 3.31. The number of hydrogen-bond acceptors (Lipinski definition) is 2. The van der Waals surface area contributed by atoms with Crippen LogP contribution in [0.3, 0.4) is 0 Å². The number of aryl methyl sites for hydroxylation is 1. The van der Waals surface area contributed by atoms with Crippen molar-refractivity contribution in [2.45, 2.75) is 32.1 Å². The molecular formula is C13H19NO. The van der Waals surface area contributed by atoms with Crippen molar-refractivity contribution in [1.82, 2.24) is 5.32 Å². The van der Waals surface area contributed by atoms with Crippen LogP contribution in [0.4, 0.5) is 0 Å². The van der Waals surface area contributed by atoms with Crippen LogP contribution in [-0.2, 0) is 6.42 Å². The van der Waals surface area contributed by atoms with Crippen molar-refractivity contribution in [2.24, 2.45) is 0 Å². The predicted octanol–water partition coefficient (Wildman–Crippen LogP) is 2.42. The van der Waals surface area contributed by atoms with Gasteiger partial charge in [-0.05, 0) is 49.4 Å². The van der Waals surface area contributed by atoms with Gasteiger partial charge in [0.15, 0.2) is 0 Å². The van der Waals surface area contributed by atoms with E-state index in [1.54, 1.807) is 0 Å². The van der Waals surface area contributed by atoms with Gasteiger partial charge in [0.25, 0.3) is 0 Å². The van der Waals surface area contributed by atoms with E-state index in [1.165, 1.54) is 0 Å². The third-order valence-corrected chi connectivity index (χ3v) is 3.31. The van der Waals surface area contributed by atoms with Gasteiger partial charge in [-0.1, -0.05) is 25.1 Å². The molecule has 0 aliphatic carbocycles. The summed E-state index contributed by atoms with van der Waals surface area (Å²) in [5.41, 5.74) is 2.22. The van der Waals surface area contributed by atoms with Crippen LogP contribution in [-0.4, -0.2) is 18.2 Å². The first-order valence-corrected chi connectivity index (χ1v) is 5.84. The fourth-order valence-corrected chi connectivity index (χ4v) is 2.36. The molecule has 1 aromatic carbocycles. The van der Waals surface area contributed by atoms with Crippen molar-refractivity contribution in [3.8, 4) is 5.75 Å². The molecule has 0 bridgehead atoms. The first-order valence-electron chi connectivity index (χ1n) is 5.84. The van der Waals surface area contributed by atoms with Crippen LogP contribution < -0.4 is 5.32 Å². The van der Waals surface area contributed by atoms with Gasteiger partial charge in [0.2, 0.25) is 0 Å². The van der Waals surface area contributed by atoms with Gasteiger partial charge in [-0.3, -0.25) is 0 Å². The van der Waals surface area contributed by atoms with Crippen molar-refractivity contribution in [3.05, 3.63) is 29.3 Å². The van der Waals surface area contributed by atoms with Gasteiger partial charge in [-0.2, -0.15) is 0 Å². The second-order valence-corrected chi connectivity index (χ2v) is 4.23. The fraction of sp³-hybridized carbons (Fsp3) is 0.538. The van der Waals surface area contributed by atoms with Crippen LogP contribution >= 0.6 is 0 Å². The highest BCUT2D eigenvalue weighted by Crippen LogP contribution is 2.34. The molecular weight excluding hydrogens is 186 g/mol. The zero-order chi connectivity index (χ0) is 10.7. The monoisotopic (exact) mass is 205 g/mol. The molecule has 1 fully saturated rings. The number of hydrogen-bond donors (Lipinski definition) is 2. The minimum Gasteiger partial charge on any atom is -0.507 e. The van der Waals surface area contributed by atoms with Crippen molar-refractivity contribution in [2.75, 3.05) is 13.1 Å². The Kier molecular flexibility index (Phi) is 3.27. The lowest BCUT2D eigenvalue weighted by molar-refractivity contribution is 0.421. The first-order chi connectivity index (χ1) is 7.33. The maximum atomic E-state index is 10.1. The fourth-order valence-electron chi connectivity index (χ4n) is 2.36. The van der Waals surface area contributed by atoms with E-state index in [0.29, 0.717) is 11.7 Å². The Morgan fingerprint density at radius 2 is 2.07 bits per heavy atom. The number of rotatable bonds is 2. The summed E-state index contributed by atoms with van der Waals surface area (Å²) in [5, 5.41) is 13.5. The Balaban J connectivity index is 2.26. The van der Waals surface area contributed by atoms with E-state index in [9.17, 15) is 5.11 Å². The lowest BCUT2D eigenvalue weighted by Crippen LogP contribution is -2.26. The minimum absolute atomic E-state index is 0.534. The van der Waals surface area contributed by atoms with Gasteiger partial charge < -0.3 is 10.4 Å². The average Bonchev–Trinajstić information content (AvgIpc) is 2.30. The zero-order valence-corrected chi connectivity index (χ0v) is 9.29. The largest absolute Gasteiger partial charge is 0.507 e. The predicted molar refractivity (Wildman–Crippen MR) is 62.3 cm³/mol. The number of phenolic OH excluding ortho intramolecular Hbond substituents is 1. The third kappa shape index (κ3) is 2.15. The van der Waals surface area contributed by atoms with Crippen LogP contribution in [0.1, 0.15) is 36.8 Å². The van der Waals surface area contributed by atoms with E-state index in [2.05, 4.69) is 24.4 Å². The number of phenols is 1. The summed E-state index contributed by atoms with van der Waals surface area (Å²) >= 11 is 0. The van der Waals surface area contributed by atoms with Crippen molar-refractivity contribution in [3.63, 3.8) is 0 Å². The summed E-state index contributed by atoms with van der Waals surface area (Å²) in [7, 11) is 0. The van der Waals surface area contributed by atoms with Crippen LogP contribution in [0.2, 0.25) is 0 Å². The van der Waals surface area contributed by atoms with Crippen molar-refractivity contribution < 1.29 is 5.11 Å². The Morgan fingerprint density at radius 1 is 1.33 bits per heavy atom. The Bertz CT molecular complexity index is 329. The number of aromatic hydroxyl groups is 1. The molecule has 15 heavy (non-hydrogen) atoms. The van der Waals surface area contributed by atoms with E-state index in [-0.39, 0.29) is 0 Å². The van der Waals surface area contributed by atoms with Gasteiger partial charge in [0, 0.05) is 0 Å². The summed E-state index contributed by atoms with van der Waals surface area (Å²) in [6, 6.07) is 6.15. The molecule has 0 unspecified atom stereocenters. The topological polar surface area (TPSA) is 32.3 Å². The van der Waals surface area contributed by atoms with Crippen LogP contribution in [0.5, 0.6) is 5.75 Å². The molecule has 2 rings (SSSR count). The molecule has 0 amide bonds. The molecule has 0 saturated carbocycles. The SMILES string of the molecule is CCc1cccc(C2CCNCC2)c1O. The van der Waals surface area contributed by atoms with Gasteiger partial charge in [-0.15, -0.1) is 0 Å². The maximum Gasteiger partial charge on any atom is 0.122 e. The smallest absolute Gasteiger partial charge is 0.122 e. The molecule has 2 N–H and O–H groups in total. The van der Waals surface area contributed by atoms with E-state index in [4.69, 9.17) is 0 Å². The minimum atomic E-state index is 0.534. The van der Waals surface area contributed by atoms with Crippen molar-refractivity contribution >= 4 is 0 Å². The normalized spacial score (nSPS) is 17.9. The van der Waals surface area contributed by atoms with E-state index in [0.717, 1.165) is 43.5 Å². The molecule has 0 radical (unpaired) electrons. The first kappa shape index (κ1) is 10.5. The Labute approximate surface area is 91.3 Å². The molecule has 1 heterocycles. The Hall–Kier alpha value is -1.02. The highest BCUT2D eigenvalue weighted by atomic mass is 16.3. The molecule has 1 aromatic rings. The highest BCUT2D eigenvalue weighted by Gasteiger charge is 2.18. The van der Waals surface area contributed by atoms with E-state index < -0.39 is 0 Å². The van der Waals surface area contributed by atoms with Gasteiger partial charge in [0.1, 0.15) is 5.75 Å². The molecule has 82 valence electrons. The summed E-state index contributed by atoms with van der Waals surface area (Å²) in [6.07, 6.45) is 3.19. The molecule has 1 aliphatic heterocycles. The molecule has 0 aromatic heterocycles. The lowest BCUT2D eigenvalue weighted by atomic mass is 9.88. The van der Waals surface area contributed by atoms with Gasteiger partial charge >= 0.3 is 0 Å².